The van der Waals surface area contributed by atoms with Crippen molar-refractivity contribution in [1.29, 1.82) is 0 Å². The number of hydrogen-bond acceptors (Lipinski definition) is 3. The average Bonchev–Trinajstić information content (AvgIpc) is 2.27. The van der Waals surface area contributed by atoms with Crippen molar-refractivity contribution in [2.45, 2.75) is 26.7 Å². The maximum absolute atomic E-state index is 11.8. The van der Waals surface area contributed by atoms with E-state index >= 15 is 0 Å². The van der Waals surface area contributed by atoms with E-state index in [1.54, 1.807) is 18.2 Å². The maximum Gasteiger partial charge on any atom is 0.232 e. The first-order chi connectivity index (χ1) is 8.85. The molecule has 0 saturated heterocycles. The van der Waals surface area contributed by atoms with Gasteiger partial charge in [0.05, 0.1) is 5.75 Å². The SMILES string of the molecule is CC(C)CS(=O)(=O)Nc1ccc2c(c1)CCC(=O)N2. The van der Waals surface area contributed by atoms with Crippen molar-refractivity contribution >= 4 is 27.3 Å². The first kappa shape index (κ1) is 13.9. The summed E-state index contributed by atoms with van der Waals surface area (Å²) < 4.78 is 26.3. The van der Waals surface area contributed by atoms with Gasteiger partial charge < -0.3 is 5.32 Å². The van der Waals surface area contributed by atoms with Gasteiger partial charge in [-0.15, -0.1) is 0 Å². The fourth-order valence-corrected chi connectivity index (χ4v) is 3.55. The first-order valence-corrected chi connectivity index (χ1v) is 7.94. The van der Waals surface area contributed by atoms with Crippen LogP contribution in [0.3, 0.4) is 0 Å². The summed E-state index contributed by atoms with van der Waals surface area (Å²) in [6.07, 6.45) is 1.08. The summed E-state index contributed by atoms with van der Waals surface area (Å²) in [6.45, 7) is 3.73. The fraction of sp³-hybridized carbons (Fsp3) is 0.462. The van der Waals surface area contributed by atoms with Gasteiger partial charge in [0.15, 0.2) is 0 Å². The van der Waals surface area contributed by atoms with Crippen molar-refractivity contribution in [2.24, 2.45) is 5.92 Å². The highest BCUT2D eigenvalue weighted by Gasteiger charge is 2.17. The van der Waals surface area contributed by atoms with Crippen molar-refractivity contribution in [3.8, 4) is 0 Å². The molecule has 1 heterocycles. The number of carbonyl (C=O) groups is 1. The Morgan fingerprint density at radius 3 is 2.74 bits per heavy atom. The van der Waals surface area contributed by atoms with Crippen LogP contribution in [0.15, 0.2) is 18.2 Å². The zero-order valence-electron chi connectivity index (χ0n) is 11.1. The number of sulfonamides is 1. The minimum atomic E-state index is -3.31. The lowest BCUT2D eigenvalue weighted by Gasteiger charge is -2.18. The number of carbonyl (C=O) groups excluding carboxylic acids is 1. The topological polar surface area (TPSA) is 75.3 Å². The van der Waals surface area contributed by atoms with Crippen LogP contribution in [0.1, 0.15) is 25.8 Å². The van der Waals surface area contributed by atoms with Crippen molar-refractivity contribution in [3.63, 3.8) is 0 Å². The Morgan fingerprint density at radius 2 is 2.05 bits per heavy atom. The molecule has 0 aromatic heterocycles. The lowest BCUT2D eigenvalue weighted by atomic mass is 10.0. The third-order valence-corrected chi connectivity index (χ3v) is 4.48. The molecule has 0 saturated carbocycles. The van der Waals surface area contributed by atoms with Gasteiger partial charge in [0, 0.05) is 17.8 Å². The summed E-state index contributed by atoms with van der Waals surface area (Å²) >= 11 is 0. The molecule has 5 nitrogen and oxygen atoms in total. The number of amides is 1. The Morgan fingerprint density at radius 1 is 1.32 bits per heavy atom. The number of nitrogens with one attached hydrogen (secondary N) is 2. The molecule has 1 aromatic carbocycles. The molecule has 0 spiro atoms. The quantitative estimate of drug-likeness (QED) is 0.886. The van der Waals surface area contributed by atoms with E-state index < -0.39 is 10.0 Å². The summed E-state index contributed by atoms with van der Waals surface area (Å²) in [5.74, 6) is 0.177. The molecule has 0 fully saturated rings. The van der Waals surface area contributed by atoms with Gasteiger partial charge in [-0.05, 0) is 36.1 Å². The van der Waals surface area contributed by atoms with Crippen LogP contribution in [-0.2, 0) is 21.2 Å². The van der Waals surface area contributed by atoms with Crippen LogP contribution in [0.2, 0.25) is 0 Å². The largest absolute Gasteiger partial charge is 0.326 e. The predicted molar refractivity (Wildman–Crippen MR) is 75.6 cm³/mol. The molecule has 0 atom stereocenters. The Hall–Kier alpha value is -1.56. The predicted octanol–water partition coefficient (Wildman–Crippen LogP) is 1.97. The van der Waals surface area contributed by atoms with E-state index in [1.165, 1.54) is 0 Å². The van der Waals surface area contributed by atoms with Crippen LogP contribution >= 0.6 is 0 Å². The number of fused-ring (bicyclic) bond motifs is 1. The molecule has 1 aromatic rings. The van der Waals surface area contributed by atoms with Gasteiger partial charge in [-0.3, -0.25) is 9.52 Å². The average molecular weight is 282 g/mol. The van der Waals surface area contributed by atoms with Crippen LogP contribution in [0.5, 0.6) is 0 Å². The van der Waals surface area contributed by atoms with Crippen molar-refractivity contribution in [2.75, 3.05) is 15.8 Å². The lowest BCUT2D eigenvalue weighted by molar-refractivity contribution is -0.116. The Labute approximate surface area is 113 Å². The van der Waals surface area contributed by atoms with Crippen LogP contribution in [0.4, 0.5) is 11.4 Å². The molecule has 1 amide bonds. The Kier molecular flexibility index (Phi) is 3.80. The number of aryl methyl sites for hydroxylation is 1. The van der Waals surface area contributed by atoms with Gasteiger partial charge in [0.1, 0.15) is 0 Å². The maximum atomic E-state index is 11.8. The number of hydrogen-bond donors (Lipinski definition) is 2. The second kappa shape index (κ2) is 5.21. The van der Waals surface area contributed by atoms with Gasteiger partial charge >= 0.3 is 0 Å². The molecule has 2 rings (SSSR count). The first-order valence-electron chi connectivity index (χ1n) is 6.29. The van der Waals surface area contributed by atoms with Crippen molar-refractivity contribution in [3.05, 3.63) is 23.8 Å². The van der Waals surface area contributed by atoms with E-state index in [4.69, 9.17) is 0 Å². The molecular weight excluding hydrogens is 264 g/mol. The smallest absolute Gasteiger partial charge is 0.232 e. The zero-order valence-corrected chi connectivity index (χ0v) is 11.9. The van der Waals surface area contributed by atoms with E-state index in [1.807, 2.05) is 13.8 Å². The summed E-state index contributed by atoms with van der Waals surface area (Å²) in [5, 5.41) is 2.77. The highest BCUT2D eigenvalue weighted by molar-refractivity contribution is 7.92. The van der Waals surface area contributed by atoms with E-state index in [0.717, 1.165) is 11.3 Å². The van der Waals surface area contributed by atoms with E-state index in [2.05, 4.69) is 10.0 Å². The Bertz CT molecular complexity index is 594. The molecule has 19 heavy (non-hydrogen) atoms. The van der Waals surface area contributed by atoms with Crippen molar-refractivity contribution < 1.29 is 13.2 Å². The molecule has 1 aliphatic heterocycles. The summed E-state index contributed by atoms with van der Waals surface area (Å²) in [7, 11) is -3.31. The van der Waals surface area contributed by atoms with Gasteiger partial charge in [-0.2, -0.15) is 0 Å². The molecule has 0 unspecified atom stereocenters. The van der Waals surface area contributed by atoms with Crippen molar-refractivity contribution in [1.82, 2.24) is 0 Å². The van der Waals surface area contributed by atoms with E-state index in [0.29, 0.717) is 18.5 Å². The minimum Gasteiger partial charge on any atom is -0.326 e. The molecule has 6 heteroatoms. The van der Waals surface area contributed by atoms with Gasteiger partial charge in [-0.25, -0.2) is 8.42 Å². The molecule has 0 radical (unpaired) electrons. The molecule has 0 bridgehead atoms. The highest BCUT2D eigenvalue weighted by atomic mass is 32.2. The normalized spacial score (nSPS) is 15.0. The minimum absolute atomic E-state index is 0.000591. The molecule has 2 N–H and O–H groups in total. The summed E-state index contributed by atoms with van der Waals surface area (Å²) in [4.78, 5) is 11.2. The number of rotatable bonds is 4. The van der Waals surface area contributed by atoms with E-state index in [-0.39, 0.29) is 17.6 Å². The lowest BCUT2D eigenvalue weighted by Crippen LogP contribution is -2.21. The number of benzene rings is 1. The second-order valence-corrected chi connectivity index (χ2v) is 6.96. The van der Waals surface area contributed by atoms with Crippen LogP contribution < -0.4 is 10.0 Å². The molecule has 0 aliphatic carbocycles. The highest BCUT2D eigenvalue weighted by Crippen LogP contribution is 2.26. The summed E-state index contributed by atoms with van der Waals surface area (Å²) in [5.41, 5.74) is 2.28. The third kappa shape index (κ3) is 3.70. The van der Waals surface area contributed by atoms with E-state index in [9.17, 15) is 13.2 Å². The van der Waals surface area contributed by atoms with Gasteiger partial charge in [-0.1, -0.05) is 13.8 Å². The van der Waals surface area contributed by atoms with Gasteiger partial charge in [0.25, 0.3) is 0 Å². The van der Waals surface area contributed by atoms with Gasteiger partial charge in [0.2, 0.25) is 15.9 Å². The van der Waals surface area contributed by atoms with Crippen LogP contribution in [0, 0.1) is 5.92 Å². The second-order valence-electron chi connectivity index (χ2n) is 5.20. The Balaban J connectivity index is 2.17. The summed E-state index contributed by atoms with van der Waals surface area (Å²) in [6, 6.07) is 5.19. The third-order valence-electron chi connectivity index (χ3n) is 2.83. The zero-order chi connectivity index (χ0) is 14.0. The van der Waals surface area contributed by atoms with Crippen LogP contribution in [-0.4, -0.2) is 20.1 Å². The molecule has 104 valence electrons. The van der Waals surface area contributed by atoms with Crippen LogP contribution in [0.25, 0.3) is 0 Å². The monoisotopic (exact) mass is 282 g/mol. The molecular formula is C13H18N2O3S. The standard InChI is InChI=1S/C13H18N2O3S/c1-9(2)8-19(17,18)15-11-4-5-12-10(7-11)3-6-13(16)14-12/h4-5,7,9,15H,3,6,8H2,1-2H3,(H,14,16). The fourth-order valence-electron chi connectivity index (χ4n) is 2.11. The molecule has 1 aliphatic rings. The number of anilines is 2.